The van der Waals surface area contributed by atoms with E-state index in [0.29, 0.717) is 11.4 Å². The molecule has 0 saturated heterocycles. The molecule has 0 radical (unpaired) electrons. The summed E-state index contributed by atoms with van der Waals surface area (Å²) in [4.78, 5) is 26.9. The molecule has 0 fully saturated rings. The molecule has 2 aromatic rings. The zero-order chi connectivity index (χ0) is 23.2. The summed E-state index contributed by atoms with van der Waals surface area (Å²) >= 11 is 3.31. The van der Waals surface area contributed by atoms with E-state index in [-0.39, 0.29) is 12.5 Å². The number of benzene rings is 2. The average molecular weight is 512 g/mol. The number of halogens is 1. The average Bonchev–Trinajstić information content (AvgIpc) is 2.75. The number of hydrogen-bond acceptors (Lipinski definition) is 5. The second-order valence-electron chi connectivity index (χ2n) is 6.91. The normalized spacial score (nSPS) is 12.0. The fourth-order valence-corrected chi connectivity index (χ4v) is 4.05. The van der Waals surface area contributed by atoms with Crippen molar-refractivity contribution < 1.29 is 22.7 Å². The van der Waals surface area contributed by atoms with Gasteiger partial charge in [-0.2, -0.15) is 0 Å². The summed E-state index contributed by atoms with van der Waals surface area (Å²) in [6.07, 6.45) is 1.04. The molecule has 2 aromatic carbocycles. The maximum Gasteiger partial charge on any atom is 0.244 e. The number of sulfonamides is 1. The molecule has 168 valence electrons. The van der Waals surface area contributed by atoms with Gasteiger partial charge < -0.3 is 15.0 Å². The number of carbonyl (C=O) groups excluding carboxylic acids is 2. The number of methoxy groups -OCH3 is 1. The molecule has 0 spiro atoms. The SMILES string of the molecule is CNC(=O)[C@H](C)N(Cc1ccc(OC)cc1)C(=O)CN(c1ccc(Br)cc1)S(C)(=O)=O. The van der Waals surface area contributed by atoms with Crippen molar-refractivity contribution in [3.63, 3.8) is 0 Å². The Bertz CT molecular complexity index is 1010. The summed E-state index contributed by atoms with van der Waals surface area (Å²) in [5.41, 5.74) is 1.13. The Balaban J connectivity index is 2.34. The van der Waals surface area contributed by atoms with E-state index in [9.17, 15) is 18.0 Å². The quantitative estimate of drug-likeness (QED) is 0.557. The van der Waals surface area contributed by atoms with Crippen molar-refractivity contribution in [2.45, 2.75) is 19.5 Å². The van der Waals surface area contributed by atoms with E-state index in [2.05, 4.69) is 21.2 Å². The number of ether oxygens (including phenoxy) is 1. The Labute approximate surface area is 191 Å². The van der Waals surface area contributed by atoms with Gasteiger partial charge in [0.25, 0.3) is 0 Å². The van der Waals surface area contributed by atoms with E-state index in [4.69, 9.17) is 4.74 Å². The van der Waals surface area contributed by atoms with Crippen LogP contribution in [-0.4, -0.2) is 58.1 Å². The minimum atomic E-state index is -3.74. The second kappa shape index (κ2) is 10.6. The molecule has 0 aliphatic rings. The molecule has 2 rings (SSSR count). The molecule has 0 heterocycles. The molecular formula is C21H26BrN3O5S. The van der Waals surface area contributed by atoms with E-state index in [0.717, 1.165) is 20.6 Å². The molecule has 0 aromatic heterocycles. The summed E-state index contributed by atoms with van der Waals surface area (Å²) in [6.45, 7) is 1.30. The summed E-state index contributed by atoms with van der Waals surface area (Å²) in [6, 6.07) is 12.9. The van der Waals surface area contributed by atoms with Crippen molar-refractivity contribution in [3.8, 4) is 5.75 Å². The summed E-state index contributed by atoms with van der Waals surface area (Å²) in [5, 5.41) is 2.54. The molecule has 1 N–H and O–H groups in total. The Hall–Kier alpha value is -2.59. The van der Waals surface area contributed by atoms with Crippen LogP contribution in [0.4, 0.5) is 5.69 Å². The lowest BCUT2D eigenvalue weighted by atomic mass is 10.1. The molecule has 8 nitrogen and oxygen atoms in total. The lowest BCUT2D eigenvalue weighted by Crippen LogP contribution is -2.50. The largest absolute Gasteiger partial charge is 0.497 e. The topological polar surface area (TPSA) is 96.0 Å². The summed E-state index contributed by atoms with van der Waals surface area (Å²) in [7, 11) is -0.698. The van der Waals surface area contributed by atoms with Crippen LogP contribution in [0.1, 0.15) is 12.5 Å². The molecule has 31 heavy (non-hydrogen) atoms. The predicted octanol–water partition coefficient (Wildman–Crippen LogP) is 2.39. The third-order valence-electron chi connectivity index (χ3n) is 4.72. The summed E-state index contributed by atoms with van der Waals surface area (Å²) < 4.78 is 31.8. The molecular weight excluding hydrogens is 486 g/mol. The fraction of sp³-hybridized carbons (Fsp3) is 0.333. The van der Waals surface area contributed by atoms with Crippen LogP contribution in [-0.2, 0) is 26.2 Å². The Kier molecular flexibility index (Phi) is 8.46. The Morgan fingerprint density at radius 1 is 1.10 bits per heavy atom. The lowest BCUT2D eigenvalue weighted by Gasteiger charge is -2.31. The standard InChI is InChI=1S/C21H26BrN3O5S/c1-15(21(27)23-2)24(13-16-5-11-19(30-3)12-6-16)20(26)14-25(31(4,28)29)18-9-7-17(22)8-10-18/h5-12,15H,13-14H2,1-4H3,(H,23,27)/t15-/m0/s1. The van der Waals surface area contributed by atoms with Crippen LogP contribution in [0.25, 0.3) is 0 Å². The summed E-state index contributed by atoms with van der Waals surface area (Å²) in [5.74, 6) is -0.184. The van der Waals surface area contributed by atoms with Crippen LogP contribution in [0.2, 0.25) is 0 Å². The van der Waals surface area contributed by atoms with Crippen LogP contribution >= 0.6 is 15.9 Å². The third kappa shape index (κ3) is 6.70. The monoisotopic (exact) mass is 511 g/mol. The molecule has 2 amide bonds. The molecule has 1 atom stereocenters. The molecule has 0 saturated carbocycles. The maximum atomic E-state index is 13.2. The molecule has 0 aliphatic carbocycles. The Morgan fingerprint density at radius 3 is 2.16 bits per heavy atom. The van der Waals surface area contributed by atoms with E-state index < -0.39 is 28.5 Å². The number of carbonyl (C=O) groups is 2. The lowest BCUT2D eigenvalue weighted by molar-refractivity contribution is -0.139. The van der Waals surface area contributed by atoms with Gasteiger partial charge in [-0.3, -0.25) is 13.9 Å². The van der Waals surface area contributed by atoms with Crippen LogP contribution in [0.5, 0.6) is 5.75 Å². The van der Waals surface area contributed by atoms with Crippen molar-refractivity contribution in [2.75, 3.05) is 31.3 Å². The van der Waals surface area contributed by atoms with Crippen molar-refractivity contribution >= 4 is 43.5 Å². The van der Waals surface area contributed by atoms with Gasteiger partial charge in [0, 0.05) is 18.1 Å². The fourth-order valence-electron chi connectivity index (χ4n) is 2.94. The maximum absolute atomic E-state index is 13.2. The highest BCUT2D eigenvalue weighted by molar-refractivity contribution is 9.10. The molecule has 10 heteroatoms. The highest BCUT2D eigenvalue weighted by atomic mass is 79.9. The first-order valence-corrected chi connectivity index (χ1v) is 12.1. The van der Waals surface area contributed by atoms with Gasteiger partial charge >= 0.3 is 0 Å². The molecule has 0 bridgehead atoms. The smallest absolute Gasteiger partial charge is 0.244 e. The number of nitrogens with zero attached hydrogens (tertiary/aromatic N) is 2. The van der Waals surface area contributed by atoms with E-state index in [1.165, 1.54) is 11.9 Å². The zero-order valence-electron chi connectivity index (χ0n) is 17.8. The number of amides is 2. The predicted molar refractivity (Wildman–Crippen MR) is 123 cm³/mol. The van der Waals surface area contributed by atoms with Crippen molar-refractivity contribution in [1.29, 1.82) is 0 Å². The highest BCUT2D eigenvalue weighted by Gasteiger charge is 2.29. The van der Waals surface area contributed by atoms with Gasteiger partial charge in [-0.05, 0) is 48.9 Å². The third-order valence-corrected chi connectivity index (χ3v) is 6.39. The van der Waals surface area contributed by atoms with Gasteiger partial charge in [0.05, 0.1) is 19.1 Å². The second-order valence-corrected chi connectivity index (χ2v) is 9.73. The van der Waals surface area contributed by atoms with Gasteiger partial charge in [0.15, 0.2) is 0 Å². The Morgan fingerprint density at radius 2 is 1.68 bits per heavy atom. The van der Waals surface area contributed by atoms with E-state index >= 15 is 0 Å². The van der Waals surface area contributed by atoms with Crippen LogP contribution in [0.15, 0.2) is 53.0 Å². The van der Waals surface area contributed by atoms with Crippen molar-refractivity contribution in [1.82, 2.24) is 10.2 Å². The minimum absolute atomic E-state index is 0.134. The van der Waals surface area contributed by atoms with Crippen LogP contribution < -0.4 is 14.4 Å². The van der Waals surface area contributed by atoms with Crippen molar-refractivity contribution in [3.05, 3.63) is 58.6 Å². The highest BCUT2D eigenvalue weighted by Crippen LogP contribution is 2.22. The first-order chi connectivity index (χ1) is 14.6. The van der Waals surface area contributed by atoms with Crippen LogP contribution in [0.3, 0.4) is 0 Å². The van der Waals surface area contributed by atoms with Gasteiger partial charge in [-0.1, -0.05) is 28.1 Å². The molecule has 0 aliphatic heterocycles. The number of likely N-dealkylation sites (N-methyl/N-ethyl adjacent to an activating group) is 1. The van der Waals surface area contributed by atoms with Gasteiger partial charge in [-0.25, -0.2) is 8.42 Å². The first-order valence-electron chi connectivity index (χ1n) is 9.44. The number of rotatable bonds is 9. The number of hydrogen-bond donors (Lipinski definition) is 1. The first kappa shape index (κ1) is 24.7. The van der Waals surface area contributed by atoms with Crippen molar-refractivity contribution in [2.24, 2.45) is 0 Å². The van der Waals surface area contributed by atoms with Crippen LogP contribution in [0, 0.1) is 0 Å². The minimum Gasteiger partial charge on any atom is -0.497 e. The van der Waals surface area contributed by atoms with Gasteiger partial charge in [-0.15, -0.1) is 0 Å². The van der Waals surface area contributed by atoms with Gasteiger partial charge in [0.1, 0.15) is 18.3 Å². The van der Waals surface area contributed by atoms with E-state index in [1.54, 1.807) is 62.6 Å². The zero-order valence-corrected chi connectivity index (χ0v) is 20.2. The van der Waals surface area contributed by atoms with Gasteiger partial charge in [0.2, 0.25) is 21.8 Å². The molecule has 0 unspecified atom stereocenters. The van der Waals surface area contributed by atoms with E-state index in [1.807, 2.05) is 0 Å². The number of anilines is 1. The number of nitrogens with one attached hydrogen (secondary N) is 1.